The standard InChI is InChI=1S/C22H44N2/c1-2-3-4-5-6-7-8-15-20-23-24(21-16-11-9-12-17-21)22-18-13-10-14-19-22/h21-23H,2-20H2,1H3. The summed E-state index contributed by atoms with van der Waals surface area (Å²) in [5.41, 5.74) is 3.90. The van der Waals surface area contributed by atoms with Crippen molar-refractivity contribution < 1.29 is 0 Å². The van der Waals surface area contributed by atoms with Gasteiger partial charge in [-0.2, -0.15) is 0 Å². The Kier molecular flexibility index (Phi) is 11.1. The van der Waals surface area contributed by atoms with Gasteiger partial charge in [0.15, 0.2) is 0 Å². The summed E-state index contributed by atoms with van der Waals surface area (Å²) in [6.45, 7) is 3.51. The predicted octanol–water partition coefficient (Wildman–Crippen LogP) is 6.60. The van der Waals surface area contributed by atoms with Gasteiger partial charge >= 0.3 is 0 Å². The molecule has 0 aromatic heterocycles. The van der Waals surface area contributed by atoms with Crippen molar-refractivity contribution in [1.29, 1.82) is 0 Å². The minimum atomic E-state index is 0.830. The zero-order valence-corrected chi connectivity index (χ0v) is 16.5. The molecule has 2 saturated carbocycles. The number of rotatable bonds is 12. The minimum Gasteiger partial charge on any atom is -0.255 e. The van der Waals surface area contributed by atoms with Gasteiger partial charge in [-0.05, 0) is 32.1 Å². The molecule has 0 atom stereocenters. The zero-order valence-electron chi connectivity index (χ0n) is 16.5. The van der Waals surface area contributed by atoms with Crippen LogP contribution in [0.4, 0.5) is 0 Å². The van der Waals surface area contributed by atoms with Gasteiger partial charge in [0, 0.05) is 18.6 Å². The largest absolute Gasteiger partial charge is 0.255 e. The number of nitrogens with one attached hydrogen (secondary N) is 1. The normalized spacial score (nSPS) is 20.8. The van der Waals surface area contributed by atoms with Gasteiger partial charge in [-0.15, -0.1) is 0 Å². The Labute approximate surface area is 152 Å². The molecule has 0 spiro atoms. The third kappa shape index (κ3) is 7.87. The van der Waals surface area contributed by atoms with E-state index in [1.165, 1.54) is 122 Å². The summed E-state index contributed by atoms with van der Waals surface area (Å²) in [6.07, 6.45) is 25.8. The molecule has 0 aromatic rings. The van der Waals surface area contributed by atoms with E-state index in [1.54, 1.807) is 0 Å². The fourth-order valence-electron chi connectivity index (χ4n) is 4.74. The Morgan fingerprint density at radius 2 is 1.08 bits per heavy atom. The predicted molar refractivity (Wildman–Crippen MR) is 106 cm³/mol. The molecule has 0 aliphatic heterocycles. The molecule has 0 bridgehead atoms. The fourth-order valence-corrected chi connectivity index (χ4v) is 4.74. The zero-order chi connectivity index (χ0) is 16.9. The van der Waals surface area contributed by atoms with E-state index in [0.717, 1.165) is 12.1 Å². The molecular formula is C22H44N2. The van der Waals surface area contributed by atoms with Gasteiger partial charge in [0.05, 0.1) is 0 Å². The highest BCUT2D eigenvalue weighted by Gasteiger charge is 2.28. The van der Waals surface area contributed by atoms with E-state index in [0.29, 0.717) is 0 Å². The van der Waals surface area contributed by atoms with Gasteiger partial charge in [-0.3, -0.25) is 5.43 Å². The third-order valence-electron chi connectivity index (χ3n) is 6.26. The first-order chi connectivity index (χ1) is 11.9. The molecule has 2 nitrogen and oxygen atoms in total. The first-order valence-corrected chi connectivity index (χ1v) is 11.4. The van der Waals surface area contributed by atoms with Crippen LogP contribution in [-0.2, 0) is 0 Å². The van der Waals surface area contributed by atoms with E-state index in [-0.39, 0.29) is 0 Å². The van der Waals surface area contributed by atoms with Crippen molar-refractivity contribution in [3.63, 3.8) is 0 Å². The Hall–Kier alpha value is -0.0800. The second kappa shape index (κ2) is 13.2. The average molecular weight is 337 g/mol. The quantitative estimate of drug-likeness (QED) is 0.319. The van der Waals surface area contributed by atoms with Crippen molar-refractivity contribution in [2.24, 2.45) is 0 Å². The highest BCUT2D eigenvalue weighted by Crippen LogP contribution is 2.28. The van der Waals surface area contributed by atoms with E-state index >= 15 is 0 Å². The summed E-state index contributed by atoms with van der Waals surface area (Å²) in [5.74, 6) is 0. The average Bonchev–Trinajstić information content (AvgIpc) is 2.65. The van der Waals surface area contributed by atoms with Crippen LogP contribution >= 0.6 is 0 Å². The molecule has 2 aliphatic carbocycles. The molecule has 142 valence electrons. The molecule has 2 fully saturated rings. The molecule has 0 radical (unpaired) electrons. The summed E-state index contributed by atoms with van der Waals surface area (Å²) in [5, 5.41) is 2.75. The van der Waals surface area contributed by atoms with Crippen molar-refractivity contribution >= 4 is 0 Å². The maximum absolute atomic E-state index is 3.90. The fraction of sp³-hybridized carbons (Fsp3) is 1.00. The SMILES string of the molecule is CCCCCCCCCCNN(C1CCCCC1)C1CCCCC1. The molecule has 0 unspecified atom stereocenters. The van der Waals surface area contributed by atoms with Crippen molar-refractivity contribution in [2.45, 2.75) is 135 Å². The maximum Gasteiger partial charge on any atom is 0.0246 e. The molecule has 0 heterocycles. The lowest BCUT2D eigenvalue weighted by Crippen LogP contribution is -2.53. The summed E-state index contributed by atoms with van der Waals surface area (Å²) in [7, 11) is 0. The Balaban J connectivity index is 1.61. The molecule has 1 N–H and O–H groups in total. The minimum absolute atomic E-state index is 0.830. The molecule has 0 saturated heterocycles. The molecule has 24 heavy (non-hydrogen) atoms. The lowest BCUT2D eigenvalue weighted by molar-refractivity contribution is 0.0287. The molecule has 0 aromatic carbocycles. The van der Waals surface area contributed by atoms with Crippen LogP contribution < -0.4 is 5.43 Å². The van der Waals surface area contributed by atoms with E-state index in [1.807, 2.05) is 0 Å². The molecular weight excluding hydrogens is 292 g/mol. The van der Waals surface area contributed by atoms with Crippen LogP contribution in [0.2, 0.25) is 0 Å². The van der Waals surface area contributed by atoms with E-state index < -0.39 is 0 Å². The van der Waals surface area contributed by atoms with Crippen molar-refractivity contribution in [3.8, 4) is 0 Å². The van der Waals surface area contributed by atoms with Crippen LogP contribution in [0.3, 0.4) is 0 Å². The van der Waals surface area contributed by atoms with Gasteiger partial charge in [0.1, 0.15) is 0 Å². The number of hydrogen-bond acceptors (Lipinski definition) is 2. The Morgan fingerprint density at radius 3 is 1.58 bits per heavy atom. The topological polar surface area (TPSA) is 15.3 Å². The van der Waals surface area contributed by atoms with Crippen LogP contribution in [0.5, 0.6) is 0 Å². The van der Waals surface area contributed by atoms with Crippen molar-refractivity contribution in [2.75, 3.05) is 6.54 Å². The Morgan fingerprint density at radius 1 is 0.625 bits per heavy atom. The molecule has 2 heteroatoms. The molecule has 2 aliphatic rings. The second-order valence-electron chi connectivity index (χ2n) is 8.37. The first kappa shape index (κ1) is 20.2. The highest BCUT2D eigenvalue weighted by molar-refractivity contribution is 4.81. The molecule has 2 rings (SSSR count). The van der Waals surface area contributed by atoms with Crippen molar-refractivity contribution in [1.82, 2.24) is 10.4 Å². The number of hydrazine groups is 1. The summed E-state index contributed by atoms with van der Waals surface area (Å²) >= 11 is 0. The van der Waals surface area contributed by atoms with Crippen LogP contribution in [0.1, 0.15) is 122 Å². The van der Waals surface area contributed by atoms with Crippen LogP contribution in [-0.4, -0.2) is 23.6 Å². The smallest absolute Gasteiger partial charge is 0.0246 e. The third-order valence-corrected chi connectivity index (χ3v) is 6.26. The number of nitrogens with zero attached hydrogens (tertiary/aromatic N) is 1. The van der Waals surface area contributed by atoms with Gasteiger partial charge in [0.2, 0.25) is 0 Å². The highest BCUT2D eigenvalue weighted by atomic mass is 15.5. The molecule has 0 amide bonds. The monoisotopic (exact) mass is 336 g/mol. The van der Waals surface area contributed by atoms with Crippen LogP contribution in [0, 0.1) is 0 Å². The lowest BCUT2D eigenvalue weighted by atomic mass is 9.90. The van der Waals surface area contributed by atoms with E-state index in [2.05, 4.69) is 17.4 Å². The lowest BCUT2D eigenvalue weighted by Gasteiger charge is -2.41. The van der Waals surface area contributed by atoms with Gasteiger partial charge < -0.3 is 0 Å². The van der Waals surface area contributed by atoms with Crippen molar-refractivity contribution in [3.05, 3.63) is 0 Å². The van der Waals surface area contributed by atoms with E-state index in [9.17, 15) is 0 Å². The summed E-state index contributed by atoms with van der Waals surface area (Å²) in [6, 6.07) is 1.66. The summed E-state index contributed by atoms with van der Waals surface area (Å²) in [4.78, 5) is 0. The number of unbranched alkanes of at least 4 members (excludes halogenated alkanes) is 7. The Bertz CT molecular complexity index is 262. The number of hydrogen-bond donors (Lipinski definition) is 1. The van der Waals surface area contributed by atoms with Crippen LogP contribution in [0.15, 0.2) is 0 Å². The van der Waals surface area contributed by atoms with E-state index in [4.69, 9.17) is 0 Å². The first-order valence-electron chi connectivity index (χ1n) is 11.4. The van der Waals surface area contributed by atoms with Crippen LogP contribution in [0.25, 0.3) is 0 Å². The van der Waals surface area contributed by atoms with Gasteiger partial charge in [-0.25, -0.2) is 5.01 Å². The second-order valence-corrected chi connectivity index (χ2v) is 8.37. The van der Waals surface area contributed by atoms with Gasteiger partial charge in [-0.1, -0.05) is 90.4 Å². The maximum atomic E-state index is 3.90. The van der Waals surface area contributed by atoms with Gasteiger partial charge in [0.25, 0.3) is 0 Å². The summed E-state index contributed by atoms with van der Waals surface area (Å²) < 4.78 is 0.